The summed E-state index contributed by atoms with van der Waals surface area (Å²) in [5.41, 5.74) is 27.9. The molecule has 10 aromatic rings. The Kier molecular flexibility index (Phi) is 11.2. The van der Waals surface area contributed by atoms with Crippen molar-refractivity contribution >= 4 is 34.1 Å². The number of fused-ring (bicyclic) bond motifs is 9. The minimum absolute atomic E-state index is 0.133. The van der Waals surface area contributed by atoms with Crippen LogP contribution >= 0.6 is 0 Å². The normalized spacial score (nSPS) is 14.5. The Morgan fingerprint density at radius 2 is 0.547 bits per heavy atom. The lowest BCUT2D eigenvalue weighted by molar-refractivity contribution is 0.436. The number of nitrogens with zero attached hydrogens (tertiary/aromatic N) is 2. The largest absolute Gasteiger partial charge is 0.310 e. The molecule has 3 aliphatic rings. The van der Waals surface area contributed by atoms with Crippen LogP contribution in [0.3, 0.4) is 0 Å². The molecule has 0 heterocycles. The minimum Gasteiger partial charge on any atom is -0.310 e. The van der Waals surface area contributed by atoms with E-state index in [0.29, 0.717) is 0 Å². The molecule has 0 saturated carbocycles. The summed E-state index contributed by atoms with van der Waals surface area (Å²) in [4.78, 5) is 5.03. The topological polar surface area (TPSA) is 6.48 Å². The zero-order chi connectivity index (χ0) is 51.1. The molecule has 3 aliphatic carbocycles. The summed E-state index contributed by atoms with van der Waals surface area (Å²) in [7, 11) is 0. The predicted octanol–water partition coefficient (Wildman–Crippen LogP) is 20.4. The van der Waals surface area contributed by atoms with E-state index >= 15 is 0 Å². The number of anilines is 6. The highest BCUT2D eigenvalue weighted by Crippen LogP contribution is 2.58. The standard InChI is InChI=1S/C73H64N2/c1-7-43-73(44-8-2)69-47-57(74(53-31-27-51(28-32-53)49-19-11-9-12-20-49)54-33-29-52(30-34-54)50-21-13-10-14-22-50)37-41-63(69)64-42-38-58(48-70(64)73)75(55-35-39-61-59-23-15-17-25-65(59)71(3,4)67(61)45-55)56-36-40-62-60-24-16-18-26-66(60)72(5,6)68(62)46-56/h9-42,45-48H,7-8,43-44H2,1-6H3. The first-order valence-corrected chi connectivity index (χ1v) is 27.3. The van der Waals surface area contributed by atoms with Gasteiger partial charge in [-0.3, -0.25) is 0 Å². The highest BCUT2D eigenvalue weighted by atomic mass is 15.1. The molecule has 0 amide bonds. The molecule has 0 unspecified atom stereocenters. The molecule has 2 heteroatoms. The Morgan fingerprint density at radius 1 is 0.267 bits per heavy atom. The molecular weight excluding hydrogens is 905 g/mol. The smallest absolute Gasteiger partial charge is 0.0465 e. The third-order valence-electron chi connectivity index (χ3n) is 17.3. The van der Waals surface area contributed by atoms with Crippen LogP contribution in [0.4, 0.5) is 34.1 Å². The average molecular weight is 969 g/mol. The summed E-state index contributed by atoms with van der Waals surface area (Å²) in [6, 6.07) is 86.9. The van der Waals surface area contributed by atoms with Crippen LogP contribution in [0.2, 0.25) is 0 Å². The van der Waals surface area contributed by atoms with Crippen molar-refractivity contribution in [3.63, 3.8) is 0 Å². The van der Waals surface area contributed by atoms with Gasteiger partial charge in [0.15, 0.2) is 0 Å². The third kappa shape index (κ3) is 7.43. The number of rotatable bonds is 12. The molecule has 0 fully saturated rings. The maximum absolute atomic E-state index is 2.59. The molecule has 0 radical (unpaired) electrons. The minimum atomic E-state index is -0.186. The van der Waals surface area contributed by atoms with Crippen LogP contribution in [0.5, 0.6) is 0 Å². The lowest BCUT2D eigenvalue weighted by atomic mass is 9.71. The van der Waals surface area contributed by atoms with Gasteiger partial charge in [-0.25, -0.2) is 0 Å². The highest BCUT2D eigenvalue weighted by molar-refractivity contribution is 5.92. The van der Waals surface area contributed by atoms with Crippen molar-refractivity contribution in [2.24, 2.45) is 0 Å². The fraction of sp³-hybridized carbons (Fsp3) is 0.178. The van der Waals surface area contributed by atoms with E-state index in [-0.39, 0.29) is 16.2 Å². The lowest BCUT2D eigenvalue weighted by Crippen LogP contribution is -2.26. The van der Waals surface area contributed by atoms with Crippen molar-refractivity contribution < 1.29 is 0 Å². The molecule has 366 valence electrons. The number of hydrogen-bond donors (Lipinski definition) is 0. The van der Waals surface area contributed by atoms with Crippen LogP contribution in [0.25, 0.3) is 55.6 Å². The van der Waals surface area contributed by atoms with Gasteiger partial charge in [-0.15, -0.1) is 0 Å². The number of hydrogen-bond acceptors (Lipinski definition) is 2. The van der Waals surface area contributed by atoms with E-state index in [2.05, 4.69) is 282 Å². The van der Waals surface area contributed by atoms with E-state index in [4.69, 9.17) is 0 Å². The molecular formula is C73H64N2. The summed E-state index contributed by atoms with van der Waals surface area (Å²) in [5.74, 6) is 0. The van der Waals surface area contributed by atoms with Crippen LogP contribution in [-0.2, 0) is 16.2 Å². The Bertz CT molecular complexity index is 3590. The van der Waals surface area contributed by atoms with Crippen molar-refractivity contribution in [1.82, 2.24) is 0 Å². The maximum Gasteiger partial charge on any atom is 0.0465 e. The van der Waals surface area contributed by atoms with Gasteiger partial charge in [0.2, 0.25) is 0 Å². The molecule has 0 aliphatic heterocycles. The quantitative estimate of drug-likeness (QED) is 0.120. The summed E-state index contributed by atoms with van der Waals surface area (Å²) in [6.07, 6.45) is 4.26. The van der Waals surface area contributed by atoms with Crippen LogP contribution < -0.4 is 9.80 Å². The summed E-state index contributed by atoms with van der Waals surface area (Å²) in [5, 5.41) is 0. The van der Waals surface area contributed by atoms with Crippen molar-refractivity contribution in [3.8, 4) is 55.6 Å². The van der Waals surface area contributed by atoms with E-state index in [1.807, 2.05) is 0 Å². The van der Waals surface area contributed by atoms with Crippen molar-refractivity contribution in [3.05, 3.63) is 264 Å². The van der Waals surface area contributed by atoms with Crippen LogP contribution in [0, 0.1) is 0 Å². The molecule has 0 aromatic heterocycles. The van der Waals surface area contributed by atoms with E-state index in [1.165, 1.54) is 112 Å². The molecule has 10 aromatic carbocycles. The van der Waals surface area contributed by atoms with E-state index < -0.39 is 0 Å². The summed E-state index contributed by atoms with van der Waals surface area (Å²) < 4.78 is 0. The van der Waals surface area contributed by atoms with Gasteiger partial charge in [-0.05, 0) is 175 Å². The first-order chi connectivity index (χ1) is 36.6. The van der Waals surface area contributed by atoms with Gasteiger partial charge in [0.05, 0.1) is 0 Å². The molecule has 0 saturated heterocycles. The lowest BCUT2D eigenvalue weighted by Gasteiger charge is -2.35. The summed E-state index contributed by atoms with van der Waals surface area (Å²) in [6.45, 7) is 14.3. The second-order valence-corrected chi connectivity index (χ2v) is 22.3. The van der Waals surface area contributed by atoms with Crippen molar-refractivity contribution in [2.75, 3.05) is 9.80 Å². The van der Waals surface area contributed by atoms with E-state index in [9.17, 15) is 0 Å². The van der Waals surface area contributed by atoms with Crippen LogP contribution in [0.1, 0.15) is 101 Å². The van der Waals surface area contributed by atoms with Crippen molar-refractivity contribution in [1.29, 1.82) is 0 Å². The Hall–Kier alpha value is -8.20. The van der Waals surface area contributed by atoms with Gasteiger partial charge in [-0.2, -0.15) is 0 Å². The zero-order valence-corrected chi connectivity index (χ0v) is 44.2. The molecule has 0 N–H and O–H groups in total. The van der Waals surface area contributed by atoms with Crippen LogP contribution in [0.15, 0.2) is 231 Å². The summed E-state index contributed by atoms with van der Waals surface area (Å²) >= 11 is 0. The van der Waals surface area contributed by atoms with Gasteiger partial charge in [0, 0.05) is 50.4 Å². The Morgan fingerprint density at radius 3 is 0.920 bits per heavy atom. The SMILES string of the molecule is CCCC1(CCC)c2cc(N(c3ccc(-c4ccccc4)cc3)c3ccc(-c4ccccc4)cc3)ccc2-c2ccc(N(c3ccc4c(c3)C(C)(C)c3ccccc3-4)c3ccc4c(c3)C(C)(C)c3ccccc3-4)cc21. The van der Waals surface area contributed by atoms with Gasteiger partial charge in [0.25, 0.3) is 0 Å². The van der Waals surface area contributed by atoms with Gasteiger partial charge >= 0.3 is 0 Å². The monoisotopic (exact) mass is 969 g/mol. The number of benzene rings is 10. The molecule has 0 spiro atoms. The van der Waals surface area contributed by atoms with E-state index in [1.54, 1.807) is 0 Å². The highest BCUT2D eigenvalue weighted by Gasteiger charge is 2.44. The van der Waals surface area contributed by atoms with Crippen LogP contribution in [-0.4, -0.2) is 0 Å². The fourth-order valence-corrected chi connectivity index (χ4v) is 13.7. The molecule has 75 heavy (non-hydrogen) atoms. The second-order valence-electron chi connectivity index (χ2n) is 22.3. The first kappa shape index (κ1) is 46.6. The molecule has 0 atom stereocenters. The van der Waals surface area contributed by atoms with Gasteiger partial charge in [-0.1, -0.05) is 212 Å². The third-order valence-corrected chi connectivity index (χ3v) is 17.3. The maximum atomic E-state index is 2.59. The molecule has 0 bridgehead atoms. The zero-order valence-electron chi connectivity index (χ0n) is 44.2. The van der Waals surface area contributed by atoms with Gasteiger partial charge in [0.1, 0.15) is 0 Å². The predicted molar refractivity (Wildman–Crippen MR) is 318 cm³/mol. The molecule has 13 rings (SSSR count). The van der Waals surface area contributed by atoms with Crippen molar-refractivity contribution in [2.45, 2.75) is 83.5 Å². The van der Waals surface area contributed by atoms with Gasteiger partial charge < -0.3 is 9.80 Å². The molecule has 2 nitrogen and oxygen atoms in total. The first-order valence-electron chi connectivity index (χ1n) is 27.3. The Balaban J connectivity index is 0.963. The average Bonchev–Trinajstić information content (AvgIpc) is 3.95. The Labute approximate surface area is 444 Å². The second kappa shape index (κ2) is 18.0. The fourth-order valence-electron chi connectivity index (χ4n) is 13.7. The van der Waals surface area contributed by atoms with E-state index in [0.717, 1.165) is 37.1 Å².